The maximum atomic E-state index is 2.34. The first kappa shape index (κ1) is 25.1. The lowest BCUT2D eigenvalue weighted by Crippen LogP contribution is -3.00. The van der Waals surface area contributed by atoms with Crippen molar-refractivity contribution in [3.63, 3.8) is 0 Å². The van der Waals surface area contributed by atoms with Gasteiger partial charge >= 0.3 is 0 Å². The van der Waals surface area contributed by atoms with Gasteiger partial charge in [0.25, 0.3) is 0 Å². The van der Waals surface area contributed by atoms with Crippen LogP contribution in [0.3, 0.4) is 0 Å². The van der Waals surface area contributed by atoms with Crippen LogP contribution in [-0.2, 0) is 18.5 Å². The van der Waals surface area contributed by atoms with Gasteiger partial charge in [0.2, 0.25) is 0 Å². The summed E-state index contributed by atoms with van der Waals surface area (Å²) < 4.78 is 0. The fraction of sp³-hybridized carbons (Fsp3) is 0.357. The van der Waals surface area contributed by atoms with Gasteiger partial charge in [0.15, 0.2) is 0 Å². The third-order valence-corrected chi connectivity index (χ3v) is 10.2. The average Bonchev–Trinajstić information content (AvgIpc) is 2.76. The SMILES string of the molecule is CCCCCCC[P+](Cc1ccccc1)(Cc1ccccc1)Cc1ccccc1.[I-]. The number of benzene rings is 3. The standard InChI is InChI=1S/C28H36P.HI/c1-2-3-4-5-15-22-29(23-26-16-9-6-10-17-26,24-27-18-11-7-12-19-27)25-28-20-13-8-14-21-28;/h6-14,16-21H,2-5,15,22-25H2,1H3;1H/q+1;/p-1. The fourth-order valence-electron chi connectivity index (χ4n) is 4.37. The second-order valence-electron chi connectivity index (χ2n) is 8.41. The predicted octanol–water partition coefficient (Wildman–Crippen LogP) is 5.58. The van der Waals surface area contributed by atoms with Crippen molar-refractivity contribution in [3.05, 3.63) is 108 Å². The third kappa shape index (κ3) is 8.52. The molecule has 160 valence electrons. The normalized spacial score (nSPS) is 11.1. The summed E-state index contributed by atoms with van der Waals surface area (Å²) >= 11 is 0. The van der Waals surface area contributed by atoms with Crippen LogP contribution in [0.2, 0.25) is 0 Å². The van der Waals surface area contributed by atoms with Crippen LogP contribution in [0.25, 0.3) is 0 Å². The molecule has 3 aromatic rings. The molecule has 0 radical (unpaired) electrons. The molecule has 0 bridgehead atoms. The van der Waals surface area contributed by atoms with Crippen molar-refractivity contribution in [2.75, 3.05) is 6.16 Å². The van der Waals surface area contributed by atoms with E-state index < -0.39 is 7.26 Å². The number of hydrogen-bond acceptors (Lipinski definition) is 0. The molecule has 0 aromatic heterocycles. The largest absolute Gasteiger partial charge is 1.00 e. The Balaban J connectivity index is 0.00000320. The van der Waals surface area contributed by atoms with Gasteiger partial charge in [0.05, 0.1) is 24.6 Å². The smallest absolute Gasteiger partial charge is 0.0849 e. The summed E-state index contributed by atoms with van der Waals surface area (Å²) in [5, 5.41) is 0. The van der Waals surface area contributed by atoms with Crippen molar-refractivity contribution in [3.8, 4) is 0 Å². The molecule has 0 fully saturated rings. The molecule has 0 aliphatic carbocycles. The highest BCUT2D eigenvalue weighted by Gasteiger charge is 2.37. The van der Waals surface area contributed by atoms with Gasteiger partial charge < -0.3 is 24.0 Å². The van der Waals surface area contributed by atoms with E-state index in [1.807, 2.05) is 0 Å². The predicted molar refractivity (Wildman–Crippen MR) is 131 cm³/mol. The highest BCUT2D eigenvalue weighted by molar-refractivity contribution is 7.73. The summed E-state index contributed by atoms with van der Waals surface area (Å²) in [5.74, 6) is 0. The zero-order chi connectivity index (χ0) is 20.2. The number of unbranched alkanes of at least 4 members (excludes halogenated alkanes) is 4. The molecule has 3 aromatic carbocycles. The van der Waals surface area contributed by atoms with Gasteiger partial charge in [-0.2, -0.15) is 0 Å². The Labute approximate surface area is 201 Å². The molecule has 0 nitrogen and oxygen atoms in total. The molecule has 0 aliphatic heterocycles. The minimum Gasteiger partial charge on any atom is -1.00 e. The summed E-state index contributed by atoms with van der Waals surface area (Å²) in [4.78, 5) is 0. The van der Waals surface area contributed by atoms with E-state index in [4.69, 9.17) is 0 Å². The van der Waals surface area contributed by atoms with E-state index in [2.05, 4.69) is 97.9 Å². The Hall–Kier alpha value is -1.18. The molecule has 0 N–H and O–H groups in total. The molecule has 0 spiro atoms. The van der Waals surface area contributed by atoms with Crippen molar-refractivity contribution < 1.29 is 24.0 Å². The van der Waals surface area contributed by atoms with Crippen LogP contribution in [0.1, 0.15) is 55.7 Å². The van der Waals surface area contributed by atoms with Gasteiger partial charge in [-0.1, -0.05) is 117 Å². The first-order chi connectivity index (χ1) is 14.3. The monoisotopic (exact) mass is 530 g/mol. The molecule has 0 saturated heterocycles. The van der Waals surface area contributed by atoms with Gasteiger partial charge in [-0.25, -0.2) is 0 Å². The summed E-state index contributed by atoms with van der Waals surface area (Å²) in [6.45, 7) is 2.30. The van der Waals surface area contributed by atoms with Crippen molar-refractivity contribution in [2.45, 2.75) is 57.5 Å². The van der Waals surface area contributed by atoms with Crippen LogP contribution >= 0.6 is 7.26 Å². The van der Waals surface area contributed by atoms with Gasteiger partial charge in [-0.05, 0) is 29.5 Å². The third-order valence-electron chi connectivity index (χ3n) is 5.82. The van der Waals surface area contributed by atoms with Gasteiger partial charge in [0.1, 0.15) is 0 Å². The second kappa shape index (κ2) is 14.0. The van der Waals surface area contributed by atoms with E-state index in [1.54, 1.807) is 0 Å². The number of halogens is 1. The van der Waals surface area contributed by atoms with Crippen LogP contribution < -0.4 is 24.0 Å². The van der Waals surface area contributed by atoms with Crippen LogP contribution in [-0.4, -0.2) is 6.16 Å². The first-order valence-corrected chi connectivity index (χ1v) is 13.8. The lowest BCUT2D eigenvalue weighted by atomic mass is 10.2. The fourth-order valence-corrected chi connectivity index (χ4v) is 9.03. The Morgan fingerprint density at radius 3 is 1.23 bits per heavy atom. The molecule has 3 rings (SSSR count). The van der Waals surface area contributed by atoms with E-state index in [1.165, 1.54) is 73.4 Å². The zero-order valence-corrected chi connectivity index (χ0v) is 21.4. The molecule has 0 atom stereocenters. The molecular formula is C28H36IP. The van der Waals surface area contributed by atoms with Gasteiger partial charge in [0, 0.05) is 7.26 Å². The van der Waals surface area contributed by atoms with Crippen molar-refractivity contribution in [1.82, 2.24) is 0 Å². The Morgan fingerprint density at radius 2 is 0.867 bits per heavy atom. The summed E-state index contributed by atoms with van der Waals surface area (Å²) in [6.07, 6.45) is 12.0. The Kier molecular flexibility index (Phi) is 11.7. The summed E-state index contributed by atoms with van der Waals surface area (Å²) in [6, 6.07) is 33.7. The lowest BCUT2D eigenvalue weighted by molar-refractivity contribution is -0.00000618. The quantitative estimate of drug-likeness (QED) is 0.163. The van der Waals surface area contributed by atoms with Crippen LogP contribution in [0.15, 0.2) is 91.0 Å². The van der Waals surface area contributed by atoms with Crippen LogP contribution in [0.4, 0.5) is 0 Å². The van der Waals surface area contributed by atoms with E-state index in [-0.39, 0.29) is 24.0 Å². The number of hydrogen-bond donors (Lipinski definition) is 0. The Bertz CT molecular complexity index is 700. The maximum absolute atomic E-state index is 2.34. The van der Waals surface area contributed by atoms with Crippen molar-refractivity contribution in [1.29, 1.82) is 0 Å². The van der Waals surface area contributed by atoms with Gasteiger partial charge in [-0.15, -0.1) is 0 Å². The maximum Gasteiger partial charge on any atom is 0.0849 e. The average molecular weight is 530 g/mol. The first-order valence-electron chi connectivity index (χ1n) is 11.3. The molecule has 0 amide bonds. The van der Waals surface area contributed by atoms with E-state index >= 15 is 0 Å². The molecule has 0 heterocycles. The topological polar surface area (TPSA) is 0 Å². The Morgan fingerprint density at radius 1 is 0.500 bits per heavy atom. The summed E-state index contributed by atoms with van der Waals surface area (Å²) in [5.41, 5.74) is 4.55. The number of rotatable bonds is 12. The molecule has 30 heavy (non-hydrogen) atoms. The highest BCUT2D eigenvalue weighted by atomic mass is 127. The zero-order valence-electron chi connectivity index (χ0n) is 18.3. The molecular weight excluding hydrogens is 494 g/mol. The molecule has 0 saturated carbocycles. The molecule has 0 aliphatic rings. The van der Waals surface area contributed by atoms with E-state index in [0.29, 0.717) is 0 Å². The minimum atomic E-state index is -1.21. The molecule has 2 heteroatoms. The summed E-state index contributed by atoms with van der Waals surface area (Å²) in [7, 11) is -1.21. The van der Waals surface area contributed by atoms with E-state index in [0.717, 1.165) is 0 Å². The van der Waals surface area contributed by atoms with Crippen LogP contribution in [0, 0.1) is 0 Å². The highest BCUT2D eigenvalue weighted by Crippen LogP contribution is 2.67. The molecule has 0 unspecified atom stereocenters. The van der Waals surface area contributed by atoms with E-state index in [9.17, 15) is 0 Å². The second-order valence-corrected chi connectivity index (χ2v) is 12.5. The van der Waals surface area contributed by atoms with Gasteiger partial charge in [-0.3, -0.25) is 0 Å². The lowest BCUT2D eigenvalue weighted by Gasteiger charge is -2.29. The van der Waals surface area contributed by atoms with Crippen molar-refractivity contribution in [2.24, 2.45) is 0 Å². The minimum absolute atomic E-state index is 0. The van der Waals surface area contributed by atoms with Crippen molar-refractivity contribution >= 4 is 7.26 Å². The van der Waals surface area contributed by atoms with Crippen LogP contribution in [0.5, 0.6) is 0 Å².